The van der Waals surface area contributed by atoms with Crippen LogP contribution in [0.2, 0.25) is 0 Å². The molecule has 1 fully saturated rings. The van der Waals surface area contributed by atoms with E-state index in [4.69, 9.17) is 16.3 Å². The van der Waals surface area contributed by atoms with E-state index in [-0.39, 0.29) is 29.8 Å². The summed E-state index contributed by atoms with van der Waals surface area (Å²) in [5.41, 5.74) is 3.76. The molecule has 3 rings (SSSR count). The third-order valence-electron chi connectivity index (χ3n) is 7.10. The van der Waals surface area contributed by atoms with Crippen LogP contribution in [0, 0.1) is 11.3 Å². The van der Waals surface area contributed by atoms with Crippen molar-refractivity contribution >= 4 is 17.6 Å². The molecular formula is C23H33ClO3. The number of aliphatic hydroxyl groups is 1. The van der Waals surface area contributed by atoms with Crippen LogP contribution in [0.1, 0.15) is 76.0 Å². The fraction of sp³-hybridized carbons (Fsp3) is 0.696. The first-order valence-corrected chi connectivity index (χ1v) is 10.8. The fourth-order valence-electron chi connectivity index (χ4n) is 5.50. The van der Waals surface area contributed by atoms with Crippen molar-refractivity contribution < 1.29 is 14.6 Å². The first-order valence-electron chi connectivity index (χ1n) is 10.3. The molecule has 1 unspecified atom stereocenters. The number of aryl methyl sites for hydroxylation is 1. The molecule has 0 aliphatic heterocycles. The first-order chi connectivity index (χ1) is 12.7. The Hall–Kier alpha value is -1.06. The van der Waals surface area contributed by atoms with E-state index in [1.54, 1.807) is 0 Å². The third kappa shape index (κ3) is 3.65. The zero-order valence-electron chi connectivity index (χ0n) is 17.1. The van der Waals surface area contributed by atoms with Gasteiger partial charge in [0.05, 0.1) is 11.3 Å². The Bertz CT molecular complexity index is 701. The number of fused-ring (bicyclic) bond motifs is 3. The number of esters is 1. The van der Waals surface area contributed by atoms with Crippen molar-refractivity contribution in [3.63, 3.8) is 0 Å². The van der Waals surface area contributed by atoms with Crippen molar-refractivity contribution in [1.82, 2.24) is 0 Å². The molecule has 1 aromatic carbocycles. The second kappa shape index (κ2) is 7.75. The van der Waals surface area contributed by atoms with E-state index < -0.39 is 11.5 Å². The Morgan fingerprint density at radius 1 is 1.33 bits per heavy atom. The second-order valence-electron chi connectivity index (χ2n) is 9.26. The number of carbonyl (C=O) groups excluding carboxylic acids is 1. The third-order valence-corrected chi connectivity index (χ3v) is 7.45. The number of hydrogen-bond donors (Lipinski definition) is 1. The van der Waals surface area contributed by atoms with Crippen LogP contribution in [0.3, 0.4) is 0 Å². The van der Waals surface area contributed by atoms with E-state index in [1.165, 1.54) is 16.7 Å². The first kappa shape index (κ1) is 20.7. The van der Waals surface area contributed by atoms with Crippen LogP contribution >= 0.6 is 11.6 Å². The zero-order valence-corrected chi connectivity index (χ0v) is 17.8. The van der Waals surface area contributed by atoms with E-state index in [0.29, 0.717) is 5.92 Å². The molecule has 3 nitrogen and oxygen atoms in total. The maximum absolute atomic E-state index is 13.0. The maximum atomic E-state index is 13.0. The standard InChI is InChI=1S/C23H33ClO3/c1-15(2)16-6-8-19-17(12-16)7-9-20-22(19,3)10-5-11-23(20,4)21(26)27-14-18(25)13-24/h6,8,12,15,18,20,25H,5,7,9-11,13-14H2,1-4H3/t18?,20-,22-,23-/m1/s1. The molecule has 0 aromatic heterocycles. The van der Waals surface area contributed by atoms with Crippen LogP contribution in [0.25, 0.3) is 0 Å². The van der Waals surface area contributed by atoms with Crippen LogP contribution in [0.15, 0.2) is 18.2 Å². The Labute approximate surface area is 168 Å². The molecule has 1 aromatic rings. The molecule has 0 heterocycles. The minimum Gasteiger partial charge on any atom is -0.462 e. The van der Waals surface area contributed by atoms with Crippen LogP contribution in [-0.2, 0) is 21.4 Å². The second-order valence-corrected chi connectivity index (χ2v) is 9.57. The minimum absolute atomic E-state index is 0.000212. The highest BCUT2D eigenvalue weighted by Gasteiger charge is 2.55. The summed E-state index contributed by atoms with van der Waals surface area (Å²) < 4.78 is 5.50. The lowest BCUT2D eigenvalue weighted by Gasteiger charge is -2.54. The quantitative estimate of drug-likeness (QED) is 0.568. The molecule has 0 saturated heterocycles. The van der Waals surface area contributed by atoms with E-state index >= 15 is 0 Å². The van der Waals surface area contributed by atoms with E-state index in [2.05, 4.69) is 45.9 Å². The van der Waals surface area contributed by atoms with Crippen molar-refractivity contribution in [2.45, 2.75) is 77.2 Å². The van der Waals surface area contributed by atoms with E-state index in [9.17, 15) is 9.90 Å². The van der Waals surface area contributed by atoms with Crippen molar-refractivity contribution in [1.29, 1.82) is 0 Å². The van der Waals surface area contributed by atoms with Crippen LogP contribution in [0.4, 0.5) is 0 Å². The topological polar surface area (TPSA) is 46.5 Å². The number of benzene rings is 1. The normalized spacial score (nSPS) is 31.1. The lowest BCUT2D eigenvalue weighted by atomic mass is 9.49. The molecule has 0 radical (unpaired) electrons. The number of rotatable bonds is 5. The number of halogens is 1. The number of hydrogen-bond acceptors (Lipinski definition) is 3. The summed E-state index contributed by atoms with van der Waals surface area (Å²) in [5, 5.41) is 9.66. The predicted molar refractivity (Wildman–Crippen MR) is 109 cm³/mol. The molecule has 4 atom stereocenters. The van der Waals surface area contributed by atoms with Gasteiger partial charge in [-0.1, -0.05) is 45.4 Å². The van der Waals surface area contributed by atoms with Gasteiger partial charge in [0, 0.05) is 0 Å². The maximum Gasteiger partial charge on any atom is 0.312 e. The van der Waals surface area contributed by atoms with Gasteiger partial charge in [0.2, 0.25) is 0 Å². The molecule has 27 heavy (non-hydrogen) atoms. The summed E-state index contributed by atoms with van der Waals surface area (Å²) in [6.07, 6.45) is 4.21. The Kier molecular flexibility index (Phi) is 5.93. The predicted octanol–water partition coefficient (Wildman–Crippen LogP) is 4.96. The molecule has 0 bridgehead atoms. The molecule has 2 aliphatic carbocycles. The SMILES string of the molecule is CC(C)c1ccc2c(c1)CC[C@H]1[C@](C)(C(=O)OCC(O)CCl)CCC[C@]21C. The highest BCUT2D eigenvalue weighted by Crippen LogP contribution is 2.57. The summed E-state index contributed by atoms with van der Waals surface area (Å²) in [4.78, 5) is 13.0. The molecule has 0 spiro atoms. The summed E-state index contributed by atoms with van der Waals surface area (Å²) in [7, 11) is 0. The van der Waals surface area contributed by atoms with Crippen LogP contribution in [-0.4, -0.2) is 29.7 Å². The van der Waals surface area contributed by atoms with Crippen LogP contribution in [0.5, 0.6) is 0 Å². The van der Waals surface area contributed by atoms with E-state index in [1.807, 2.05) is 0 Å². The van der Waals surface area contributed by atoms with Gasteiger partial charge < -0.3 is 9.84 Å². The van der Waals surface area contributed by atoms with Gasteiger partial charge in [-0.05, 0) is 66.5 Å². The number of ether oxygens (including phenoxy) is 1. The summed E-state index contributed by atoms with van der Waals surface area (Å²) in [6, 6.07) is 6.95. The molecule has 0 amide bonds. The van der Waals surface area contributed by atoms with Gasteiger partial charge in [0.25, 0.3) is 0 Å². The Morgan fingerprint density at radius 2 is 2.07 bits per heavy atom. The minimum atomic E-state index is -0.796. The highest BCUT2D eigenvalue weighted by molar-refractivity contribution is 6.18. The molecule has 2 aliphatic rings. The Morgan fingerprint density at radius 3 is 2.74 bits per heavy atom. The summed E-state index contributed by atoms with van der Waals surface area (Å²) >= 11 is 5.64. The number of alkyl halides is 1. The van der Waals surface area contributed by atoms with Crippen molar-refractivity contribution in [2.75, 3.05) is 12.5 Å². The van der Waals surface area contributed by atoms with Gasteiger partial charge in [-0.2, -0.15) is 0 Å². The molecule has 4 heteroatoms. The average molecular weight is 393 g/mol. The van der Waals surface area contributed by atoms with Gasteiger partial charge in [0.1, 0.15) is 12.7 Å². The largest absolute Gasteiger partial charge is 0.462 e. The highest BCUT2D eigenvalue weighted by atomic mass is 35.5. The number of aliphatic hydroxyl groups excluding tert-OH is 1. The van der Waals surface area contributed by atoms with Crippen molar-refractivity contribution in [3.05, 3.63) is 34.9 Å². The smallest absolute Gasteiger partial charge is 0.312 e. The van der Waals surface area contributed by atoms with Crippen LogP contribution < -0.4 is 0 Å². The Balaban J connectivity index is 1.90. The molecule has 1 saturated carbocycles. The number of carbonyl (C=O) groups is 1. The van der Waals surface area contributed by atoms with Gasteiger partial charge in [-0.3, -0.25) is 4.79 Å². The van der Waals surface area contributed by atoms with Crippen molar-refractivity contribution in [3.8, 4) is 0 Å². The van der Waals surface area contributed by atoms with Gasteiger partial charge in [-0.15, -0.1) is 11.6 Å². The van der Waals surface area contributed by atoms with Gasteiger partial charge in [-0.25, -0.2) is 0 Å². The molecule has 150 valence electrons. The van der Waals surface area contributed by atoms with Gasteiger partial charge >= 0.3 is 5.97 Å². The summed E-state index contributed by atoms with van der Waals surface area (Å²) in [6.45, 7) is 8.85. The van der Waals surface area contributed by atoms with Gasteiger partial charge in [0.15, 0.2) is 0 Å². The molecular weight excluding hydrogens is 360 g/mol. The lowest BCUT2D eigenvalue weighted by molar-refractivity contribution is -0.167. The average Bonchev–Trinajstić information content (AvgIpc) is 2.65. The molecule has 1 N–H and O–H groups in total. The lowest BCUT2D eigenvalue weighted by Crippen LogP contribution is -2.53. The van der Waals surface area contributed by atoms with Crippen molar-refractivity contribution in [2.24, 2.45) is 11.3 Å². The zero-order chi connectivity index (χ0) is 19.8. The summed E-state index contributed by atoms with van der Waals surface area (Å²) in [5.74, 6) is 0.693. The van der Waals surface area contributed by atoms with E-state index in [0.717, 1.165) is 32.1 Å². The monoisotopic (exact) mass is 392 g/mol. The fourth-order valence-corrected chi connectivity index (χ4v) is 5.59.